The molecule has 0 saturated heterocycles. The highest BCUT2D eigenvalue weighted by Crippen LogP contribution is 2.37. The number of hydrogen-bond donors (Lipinski definition) is 1. The largest absolute Gasteiger partial charge is 0.490 e. The quantitative estimate of drug-likeness (QED) is 0.227. The van der Waals surface area contributed by atoms with Crippen molar-refractivity contribution in [1.29, 1.82) is 0 Å². The molecule has 0 spiro atoms. The molecule has 3 heterocycles. The van der Waals surface area contributed by atoms with Gasteiger partial charge in [0, 0.05) is 55.9 Å². The number of halogens is 1. The van der Waals surface area contributed by atoms with Crippen molar-refractivity contribution in [3.63, 3.8) is 0 Å². The fourth-order valence-corrected chi connectivity index (χ4v) is 5.40. The highest BCUT2D eigenvalue weighted by Gasteiger charge is 2.22. The molecule has 2 aromatic carbocycles. The maximum Gasteiger partial charge on any atom is 0.281 e. The average Bonchev–Trinajstić information content (AvgIpc) is 3.49. The summed E-state index contributed by atoms with van der Waals surface area (Å²) in [5, 5.41) is 4.27. The number of anilines is 1. The van der Waals surface area contributed by atoms with Gasteiger partial charge in [-0.25, -0.2) is 9.37 Å². The van der Waals surface area contributed by atoms with Gasteiger partial charge in [-0.3, -0.25) is 19.2 Å². The molecule has 5 rings (SSSR count). The lowest BCUT2D eigenvalue weighted by atomic mass is 10.1. The Morgan fingerprint density at radius 3 is 2.58 bits per heavy atom. The van der Waals surface area contributed by atoms with E-state index in [1.807, 2.05) is 16.7 Å². The van der Waals surface area contributed by atoms with E-state index in [2.05, 4.69) is 47.9 Å². The molecule has 10 heteroatoms. The zero-order valence-electron chi connectivity index (χ0n) is 25.2. The van der Waals surface area contributed by atoms with Crippen LogP contribution < -0.4 is 20.4 Å². The maximum atomic E-state index is 13.4. The van der Waals surface area contributed by atoms with Crippen LogP contribution in [0.5, 0.6) is 11.5 Å². The zero-order valence-corrected chi connectivity index (χ0v) is 25.2. The molecule has 1 aliphatic rings. The van der Waals surface area contributed by atoms with Gasteiger partial charge in [0.05, 0.1) is 18.8 Å². The summed E-state index contributed by atoms with van der Waals surface area (Å²) in [6, 6.07) is 14.5. The first-order valence-electron chi connectivity index (χ1n) is 14.9. The topological polar surface area (TPSA) is 93.9 Å². The summed E-state index contributed by atoms with van der Waals surface area (Å²) in [5.74, 6) is 1.19. The molecular weight excluding hydrogens is 547 g/mol. The first-order valence-corrected chi connectivity index (χ1v) is 14.9. The summed E-state index contributed by atoms with van der Waals surface area (Å²) in [6.07, 6.45) is 4.52. The number of rotatable bonds is 12. The van der Waals surface area contributed by atoms with Crippen molar-refractivity contribution in [2.45, 2.75) is 59.2 Å². The Kier molecular flexibility index (Phi) is 9.66. The van der Waals surface area contributed by atoms with Crippen molar-refractivity contribution in [2.75, 3.05) is 31.6 Å². The number of benzene rings is 2. The van der Waals surface area contributed by atoms with E-state index in [1.165, 1.54) is 18.3 Å². The molecule has 4 aromatic rings. The number of carbonyl (C=O) groups is 1. The Labute approximate surface area is 251 Å². The molecule has 226 valence electrons. The maximum absolute atomic E-state index is 13.4. The third-order valence-electron chi connectivity index (χ3n) is 7.51. The fraction of sp³-hybridized carbons (Fsp3) is 0.394. The molecule has 0 fully saturated rings. The van der Waals surface area contributed by atoms with E-state index in [1.54, 1.807) is 30.5 Å². The van der Waals surface area contributed by atoms with E-state index in [-0.39, 0.29) is 11.4 Å². The number of fused-ring (bicyclic) bond motifs is 3. The zero-order chi connectivity index (χ0) is 30.3. The Hall–Kier alpha value is -4.31. The molecule has 1 aliphatic heterocycles. The van der Waals surface area contributed by atoms with Gasteiger partial charge < -0.3 is 14.8 Å². The van der Waals surface area contributed by atoms with Gasteiger partial charge in [-0.15, -0.1) is 0 Å². The molecule has 0 saturated carbocycles. The van der Waals surface area contributed by atoms with E-state index in [4.69, 9.17) is 14.5 Å². The first-order chi connectivity index (χ1) is 20.8. The number of hydrogen-bond acceptors (Lipinski definition) is 7. The summed E-state index contributed by atoms with van der Waals surface area (Å²) in [7, 11) is 0. The highest BCUT2D eigenvalue weighted by molar-refractivity contribution is 5.96. The third-order valence-corrected chi connectivity index (χ3v) is 7.51. The van der Waals surface area contributed by atoms with Gasteiger partial charge in [-0.2, -0.15) is 4.99 Å². The second-order valence-corrected chi connectivity index (χ2v) is 11.1. The standard InChI is InChI=1S/C33H39FN6O3/c1-22(2)39(23(3)4)17-6-19-42-28-13-12-27-29(30(28)43-20-14-24-8-10-26(34)11-9-24)37-33(40-18-16-36-31(27)40)38-32(41)25-7-5-15-35-21-25/h5,7-13,15,21-23,36H,6,14,16-20H2,1-4H3. The number of pyridine rings is 1. The minimum Gasteiger partial charge on any atom is -0.490 e. The minimum atomic E-state index is -0.424. The second kappa shape index (κ2) is 13.8. The Bertz CT molecular complexity index is 1610. The van der Waals surface area contributed by atoms with Crippen LogP contribution in [0.1, 0.15) is 50.0 Å². The number of nitrogens with one attached hydrogen (secondary N) is 1. The summed E-state index contributed by atoms with van der Waals surface area (Å²) in [4.78, 5) is 28.7. The number of nitrogens with zero attached hydrogens (tertiary/aromatic N) is 5. The Morgan fingerprint density at radius 1 is 1.07 bits per heavy atom. The van der Waals surface area contributed by atoms with E-state index in [0.29, 0.717) is 67.4 Å². The van der Waals surface area contributed by atoms with Gasteiger partial charge in [0.2, 0.25) is 5.62 Å². The van der Waals surface area contributed by atoms with Crippen LogP contribution >= 0.6 is 0 Å². The smallest absolute Gasteiger partial charge is 0.281 e. The van der Waals surface area contributed by atoms with Crippen LogP contribution in [-0.4, -0.2) is 63.7 Å². The molecule has 0 atom stereocenters. The molecule has 0 bridgehead atoms. The number of amides is 1. The molecule has 9 nitrogen and oxygen atoms in total. The summed E-state index contributed by atoms with van der Waals surface area (Å²) < 4.78 is 28.0. The predicted octanol–water partition coefficient (Wildman–Crippen LogP) is 5.25. The van der Waals surface area contributed by atoms with Crippen LogP contribution in [0.2, 0.25) is 0 Å². The van der Waals surface area contributed by atoms with Gasteiger partial charge in [-0.05, 0) is 76.1 Å². The van der Waals surface area contributed by atoms with Crippen LogP contribution in [0.25, 0.3) is 10.9 Å². The van der Waals surface area contributed by atoms with Crippen LogP contribution in [0.15, 0.2) is 65.9 Å². The average molecular weight is 587 g/mol. The lowest BCUT2D eigenvalue weighted by Crippen LogP contribution is -2.38. The number of carbonyl (C=O) groups excluding carboxylic acids is 1. The predicted molar refractivity (Wildman–Crippen MR) is 165 cm³/mol. The molecule has 2 aromatic heterocycles. The molecule has 0 aliphatic carbocycles. The molecule has 1 amide bonds. The van der Waals surface area contributed by atoms with Gasteiger partial charge >= 0.3 is 0 Å². The second-order valence-electron chi connectivity index (χ2n) is 11.1. The van der Waals surface area contributed by atoms with Crippen LogP contribution in [-0.2, 0) is 13.0 Å². The minimum absolute atomic E-state index is 0.275. The monoisotopic (exact) mass is 586 g/mol. The molecule has 43 heavy (non-hydrogen) atoms. The van der Waals surface area contributed by atoms with Gasteiger partial charge in [0.25, 0.3) is 5.91 Å². The van der Waals surface area contributed by atoms with Crippen molar-refractivity contribution < 1.29 is 18.7 Å². The van der Waals surface area contributed by atoms with Gasteiger partial charge in [-0.1, -0.05) is 12.1 Å². The Morgan fingerprint density at radius 2 is 1.86 bits per heavy atom. The van der Waals surface area contributed by atoms with Crippen molar-refractivity contribution in [2.24, 2.45) is 4.99 Å². The Balaban J connectivity index is 1.49. The lowest BCUT2D eigenvalue weighted by Gasteiger charge is -2.30. The normalized spacial score (nSPS) is 13.2. The molecule has 1 N–H and O–H groups in total. The van der Waals surface area contributed by atoms with E-state index in [9.17, 15) is 9.18 Å². The molecular formula is C33H39FN6O3. The van der Waals surface area contributed by atoms with Crippen LogP contribution in [0, 0.1) is 5.82 Å². The summed E-state index contributed by atoms with van der Waals surface area (Å²) in [5.41, 5.74) is 2.18. The van der Waals surface area contributed by atoms with Crippen molar-refractivity contribution in [1.82, 2.24) is 19.4 Å². The molecule has 0 radical (unpaired) electrons. The molecule has 0 unspecified atom stereocenters. The number of aromatic nitrogens is 3. The number of ether oxygens (including phenoxy) is 2. The van der Waals surface area contributed by atoms with Crippen molar-refractivity contribution >= 4 is 22.6 Å². The van der Waals surface area contributed by atoms with Crippen LogP contribution in [0.3, 0.4) is 0 Å². The van der Waals surface area contributed by atoms with Crippen LogP contribution in [0.4, 0.5) is 10.2 Å². The van der Waals surface area contributed by atoms with Crippen molar-refractivity contribution in [3.05, 3.63) is 83.5 Å². The lowest BCUT2D eigenvalue weighted by molar-refractivity contribution is 0.0996. The summed E-state index contributed by atoms with van der Waals surface area (Å²) in [6.45, 7) is 11.9. The summed E-state index contributed by atoms with van der Waals surface area (Å²) >= 11 is 0. The van der Waals surface area contributed by atoms with Crippen molar-refractivity contribution in [3.8, 4) is 11.5 Å². The fourth-order valence-electron chi connectivity index (χ4n) is 5.40. The first kappa shape index (κ1) is 30.2. The van der Waals surface area contributed by atoms with E-state index < -0.39 is 5.91 Å². The van der Waals surface area contributed by atoms with E-state index >= 15 is 0 Å². The highest BCUT2D eigenvalue weighted by atomic mass is 19.1. The van der Waals surface area contributed by atoms with E-state index in [0.717, 1.165) is 29.7 Å². The SMILES string of the molecule is CC(C)N(CCCOc1ccc2c3n(c(=NC(=O)c4cccnc4)nc2c1OCCc1ccc(F)cc1)CCN3)C(C)C. The van der Waals surface area contributed by atoms with Gasteiger partial charge in [0.1, 0.15) is 17.2 Å². The van der Waals surface area contributed by atoms with Gasteiger partial charge in [0.15, 0.2) is 11.5 Å². The third kappa shape index (κ3) is 7.19.